The van der Waals surface area contributed by atoms with Crippen molar-refractivity contribution >= 4 is 34.1 Å². The normalized spacial score (nSPS) is 19.0. The fourth-order valence-corrected chi connectivity index (χ4v) is 5.62. The van der Waals surface area contributed by atoms with Gasteiger partial charge >= 0.3 is 12.2 Å². The van der Waals surface area contributed by atoms with Crippen molar-refractivity contribution in [3.05, 3.63) is 34.1 Å². The van der Waals surface area contributed by atoms with E-state index in [1.807, 2.05) is 4.90 Å². The maximum absolute atomic E-state index is 16.4. The fourth-order valence-electron chi connectivity index (χ4n) is 5.34. The van der Waals surface area contributed by atoms with Crippen LogP contribution in [0.25, 0.3) is 22.2 Å². The number of aromatic nitrogens is 3. The lowest BCUT2D eigenvalue weighted by Gasteiger charge is -2.34. The molecule has 0 amide bonds. The number of hydrogen-bond donors (Lipinski definition) is 4. The van der Waals surface area contributed by atoms with Gasteiger partial charge in [-0.25, -0.2) is 9.37 Å². The van der Waals surface area contributed by atoms with Crippen LogP contribution < -0.4 is 20.7 Å². The predicted octanol–water partition coefficient (Wildman–Crippen LogP) is 3.21. The Labute approximate surface area is 236 Å². The molecule has 5 rings (SSSR count). The summed E-state index contributed by atoms with van der Waals surface area (Å²) in [5, 5.41) is 31.9. The van der Waals surface area contributed by atoms with Gasteiger partial charge in [0, 0.05) is 30.6 Å². The number of nitrogen functional groups attached to an aromatic ring is 1. The number of halogens is 5. The van der Waals surface area contributed by atoms with Crippen LogP contribution in [-0.4, -0.2) is 70.2 Å². The number of piperazine rings is 1. The van der Waals surface area contributed by atoms with Crippen molar-refractivity contribution in [3.8, 4) is 23.3 Å². The van der Waals surface area contributed by atoms with Crippen molar-refractivity contribution in [2.45, 2.75) is 38.0 Å². The van der Waals surface area contributed by atoms with E-state index in [0.717, 1.165) is 18.9 Å². The van der Waals surface area contributed by atoms with Gasteiger partial charge in [0.25, 0.3) is 0 Å². The fraction of sp³-hybridized carbons (Fsp3) is 0.462. The molecular formula is C26H26ClF4N7O3. The summed E-state index contributed by atoms with van der Waals surface area (Å²) in [7, 11) is 0. The van der Waals surface area contributed by atoms with Crippen molar-refractivity contribution in [3.63, 3.8) is 0 Å². The minimum absolute atomic E-state index is 0.134. The number of aliphatic hydroxyl groups excluding tert-OH is 2. The van der Waals surface area contributed by atoms with Crippen LogP contribution in [0.4, 0.5) is 29.2 Å². The van der Waals surface area contributed by atoms with Crippen LogP contribution in [-0.2, 0) is 6.18 Å². The Morgan fingerprint density at radius 2 is 1.83 bits per heavy atom. The third-order valence-corrected chi connectivity index (χ3v) is 7.73. The first-order chi connectivity index (χ1) is 19.4. The molecular weight excluding hydrogens is 570 g/mol. The molecule has 2 bridgehead atoms. The molecule has 5 N–H and O–H groups in total. The van der Waals surface area contributed by atoms with E-state index in [1.54, 1.807) is 6.07 Å². The topological polar surface area (TPSA) is 153 Å². The van der Waals surface area contributed by atoms with E-state index >= 15 is 4.39 Å². The molecule has 2 atom stereocenters. The van der Waals surface area contributed by atoms with Crippen LogP contribution in [0.5, 0.6) is 6.01 Å². The van der Waals surface area contributed by atoms with Crippen LogP contribution >= 0.6 is 11.6 Å². The largest absolute Gasteiger partial charge is 0.462 e. The molecule has 2 saturated heterocycles. The maximum atomic E-state index is 16.4. The first kappa shape index (κ1) is 29.0. The predicted molar refractivity (Wildman–Crippen MR) is 142 cm³/mol. The van der Waals surface area contributed by atoms with Crippen LogP contribution in [0.3, 0.4) is 0 Å². The van der Waals surface area contributed by atoms with Crippen molar-refractivity contribution in [1.82, 2.24) is 20.3 Å². The van der Waals surface area contributed by atoms with Gasteiger partial charge in [0.1, 0.15) is 29.2 Å². The third-order valence-electron chi connectivity index (χ3n) is 7.44. The lowest BCUT2D eigenvalue weighted by Crippen LogP contribution is -2.51. The van der Waals surface area contributed by atoms with E-state index in [1.165, 1.54) is 13.0 Å². The number of rotatable bonds is 7. The molecule has 0 saturated carbocycles. The molecule has 2 aliphatic heterocycles. The van der Waals surface area contributed by atoms with Gasteiger partial charge in [-0.15, -0.1) is 0 Å². The summed E-state index contributed by atoms with van der Waals surface area (Å²) in [6.07, 6.45) is -3.05. The number of nitrogens with two attached hydrogens (primary N) is 1. The number of benzene rings is 1. The number of fused-ring (bicyclic) bond motifs is 3. The molecule has 41 heavy (non-hydrogen) atoms. The number of nitrogens with one attached hydrogen (secondary N) is 1. The van der Waals surface area contributed by atoms with Crippen molar-refractivity contribution in [1.29, 1.82) is 5.26 Å². The molecule has 2 fully saturated rings. The molecule has 3 aromatic rings. The number of anilines is 2. The van der Waals surface area contributed by atoms with Gasteiger partial charge in [0.15, 0.2) is 5.82 Å². The molecule has 218 valence electrons. The van der Waals surface area contributed by atoms with Crippen molar-refractivity contribution in [2.24, 2.45) is 5.41 Å². The molecule has 2 aliphatic rings. The SMILES string of the molecule is Cc1cc(N)nc(-c2c(Cl)cc3c(N4CC5CCC(C4)N5)nc(OCC(C#N)(CO)CO)nc3c2F)c1C(F)(F)F. The zero-order valence-electron chi connectivity index (χ0n) is 21.8. The average molecular weight is 596 g/mol. The second-order valence-corrected chi connectivity index (χ2v) is 10.8. The average Bonchev–Trinajstić information content (AvgIpc) is 3.25. The van der Waals surface area contributed by atoms with Gasteiger partial charge < -0.3 is 30.9 Å². The lowest BCUT2D eigenvalue weighted by atomic mass is 9.94. The second kappa shape index (κ2) is 10.7. The highest BCUT2D eigenvalue weighted by Crippen LogP contribution is 2.45. The number of aliphatic hydroxyl groups is 2. The summed E-state index contributed by atoms with van der Waals surface area (Å²) in [4.78, 5) is 14.3. The molecule has 1 aromatic carbocycles. The minimum Gasteiger partial charge on any atom is -0.462 e. The van der Waals surface area contributed by atoms with Gasteiger partial charge in [-0.2, -0.15) is 28.4 Å². The van der Waals surface area contributed by atoms with E-state index in [0.29, 0.717) is 13.1 Å². The molecule has 0 radical (unpaired) electrons. The summed E-state index contributed by atoms with van der Waals surface area (Å²) >= 11 is 6.47. The summed E-state index contributed by atoms with van der Waals surface area (Å²) in [5.41, 5.74) is 0.781. The van der Waals surface area contributed by atoms with E-state index < -0.39 is 60.1 Å². The number of ether oxygens (including phenoxy) is 1. The van der Waals surface area contributed by atoms with Crippen molar-refractivity contribution < 1.29 is 32.5 Å². The summed E-state index contributed by atoms with van der Waals surface area (Å²) in [6, 6.07) is 4.00. The highest BCUT2D eigenvalue weighted by Gasteiger charge is 2.39. The Bertz CT molecular complexity index is 1530. The molecule has 2 unspecified atom stereocenters. The number of nitriles is 1. The molecule has 15 heteroatoms. The maximum Gasteiger partial charge on any atom is 0.418 e. The Morgan fingerprint density at radius 1 is 1.17 bits per heavy atom. The van der Waals surface area contributed by atoms with E-state index in [9.17, 15) is 28.6 Å². The van der Waals surface area contributed by atoms with Crippen molar-refractivity contribution in [2.75, 3.05) is 43.5 Å². The molecule has 2 aromatic heterocycles. The standard InChI is InChI=1S/C26H26ClF4N7O3/c1-12-4-17(33)35-22(19(12)26(29,30)31)18-16(27)5-15-21(20(18)28)36-24(41-11-25(8-32,9-39)10-40)37-23(15)38-6-13-2-3-14(7-38)34-13/h4-5,13-14,34,39-40H,2-3,6-7,9-11H2,1H3,(H2,33,35). The Hall–Kier alpha value is -3.51. The number of aryl methyl sites for hydroxylation is 1. The van der Waals surface area contributed by atoms with Gasteiger partial charge in [0.2, 0.25) is 0 Å². The summed E-state index contributed by atoms with van der Waals surface area (Å²) in [5.74, 6) is -1.22. The highest BCUT2D eigenvalue weighted by molar-refractivity contribution is 6.34. The number of nitrogens with zero attached hydrogens (tertiary/aromatic N) is 5. The van der Waals surface area contributed by atoms with E-state index in [4.69, 9.17) is 22.1 Å². The number of hydrogen-bond acceptors (Lipinski definition) is 10. The second-order valence-electron chi connectivity index (χ2n) is 10.4. The third kappa shape index (κ3) is 5.30. The molecule has 0 aliphatic carbocycles. The van der Waals surface area contributed by atoms with E-state index in [-0.39, 0.29) is 45.2 Å². The molecule has 0 spiro atoms. The Morgan fingerprint density at radius 3 is 2.41 bits per heavy atom. The van der Waals surface area contributed by atoms with Gasteiger partial charge in [-0.3, -0.25) is 0 Å². The Balaban J connectivity index is 1.72. The smallest absolute Gasteiger partial charge is 0.418 e. The summed E-state index contributed by atoms with van der Waals surface area (Å²) < 4.78 is 64.2. The quantitative estimate of drug-likeness (QED) is 0.299. The zero-order valence-corrected chi connectivity index (χ0v) is 22.5. The van der Waals surface area contributed by atoms with Crippen LogP contribution in [0.1, 0.15) is 24.0 Å². The van der Waals surface area contributed by atoms with Crippen LogP contribution in [0.15, 0.2) is 12.1 Å². The zero-order chi connectivity index (χ0) is 29.7. The lowest BCUT2D eigenvalue weighted by molar-refractivity contribution is -0.137. The minimum atomic E-state index is -4.90. The Kier molecular flexibility index (Phi) is 7.58. The first-order valence-corrected chi connectivity index (χ1v) is 13.1. The first-order valence-electron chi connectivity index (χ1n) is 12.7. The molecule has 10 nitrogen and oxygen atoms in total. The van der Waals surface area contributed by atoms with Crippen LogP contribution in [0.2, 0.25) is 5.02 Å². The van der Waals surface area contributed by atoms with Crippen LogP contribution in [0, 0.1) is 29.5 Å². The van der Waals surface area contributed by atoms with E-state index in [2.05, 4.69) is 20.3 Å². The molecule has 4 heterocycles. The monoisotopic (exact) mass is 595 g/mol. The van der Waals surface area contributed by atoms with Gasteiger partial charge in [-0.1, -0.05) is 11.6 Å². The highest BCUT2D eigenvalue weighted by atomic mass is 35.5. The van der Waals surface area contributed by atoms with Gasteiger partial charge in [-0.05, 0) is 37.5 Å². The van der Waals surface area contributed by atoms with Gasteiger partial charge in [0.05, 0.1) is 41.1 Å². The summed E-state index contributed by atoms with van der Waals surface area (Å²) in [6.45, 7) is 0.183. The number of pyridine rings is 1. The number of alkyl halides is 3.